The van der Waals surface area contributed by atoms with E-state index in [9.17, 15) is 19.1 Å². The molecule has 0 saturated heterocycles. The summed E-state index contributed by atoms with van der Waals surface area (Å²) in [6, 6.07) is 9.36. The first-order valence-corrected chi connectivity index (χ1v) is 10.2. The predicted molar refractivity (Wildman–Crippen MR) is 113 cm³/mol. The smallest absolute Gasteiger partial charge is 0.275 e. The van der Waals surface area contributed by atoms with Crippen LogP contribution in [0.2, 0.25) is 0 Å². The van der Waals surface area contributed by atoms with E-state index in [2.05, 4.69) is 15.4 Å². The van der Waals surface area contributed by atoms with E-state index in [1.807, 2.05) is 24.3 Å². The molecule has 1 fully saturated rings. The van der Waals surface area contributed by atoms with Crippen LogP contribution in [0.4, 0.5) is 4.39 Å². The maximum absolute atomic E-state index is 13.7. The van der Waals surface area contributed by atoms with Gasteiger partial charge in [0.1, 0.15) is 5.82 Å². The molecular formula is C23H23FN4O3. The number of halogens is 1. The Morgan fingerprint density at radius 1 is 1.23 bits per heavy atom. The molecule has 0 unspecified atom stereocenters. The van der Waals surface area contributed by atoms with E-state index < -0.39 is 22.9 Å². The number of amides is 1. The summed E-state index contributed by atoms with van der Waals surface area (Å²) >= 11 is 0. The molecule has 1 aliphatic carbocycles. The molecule has 1 aliphatic rings. The molecule has 0 spiro atoms. The summed E-state index contributed by atoms with van der Waals surface area (Å²) in [6.45, 7) is 0.399. The Hall–Kier alpha value is -3.55. The van der Waals surface area contributed by atoms with Crippen LogP contribution in [-0.4, -0.2) is 32.8 Å². The Labute approximate surface area is 178 Å². The highest BCUT2D eigenvalue weighted by molar-refractivity contribution is 5.92. The minimum Gasteiger partial charge on any atom is -0.503 e. The van der Waals surface area contributed by atoms with Crippen LogP contribution in [0.25, 0.3) is 11.1 Å². The van der Waals surface area contributed by atoms with Gasteiger partial charge in [0, 0.05) is 24.2 Å². The molecule has 1 amide bonds. The highest BCUT2D eigenvalue weighted by Gasteiger charge is 2.37. The number of nitrogens with zero attached hydrogens (tertiary/aromatic N) is 3. The number of aromatic hydroxyl groups is 1. The highest BCUT2D eigenvalue weighted by Crippen LogP contribution is 2.43. The molecule has 0 bridgehead atoms. The molecule has 8 heteroatoms. The van der Waals surface area contributed by atoms with E-state index in [4.69, 9.17) is 0 Å². The molecule has 0 aliphatic heterocycles. The lowest BCUT2D eigenvalue weighted by molar-refractivity contribution is 0.0953. The summed E-state index contributed by atoms with van der Waals surface area (Å²) in [4.78, 5) is 28.1. The van der Waals surface area contributed by atoms with Crippen molar-refractivity contribution in [3.63, 3.8) is 0 Å². The molecule has 3 aromatic rings. The van der Waals surface area contributed by atoms with E-state index in [1.54, 1.807) is 6.20 Å². The van der Waals surface area contributed by atoms with E-state index >= 15 is 0 Å². The van der Waals surface area contributed by atoms with Gasteiger partial charge in [-0.15, -0.1) is 0 Å². The average Bonchev–Trinajstić information content (AvgIpc) is 3.25. The van der Waals surface area contributed by atoms with Gasteiger partial charge in [0.15, 0.2) is 11.4 Å². The van der Waals surface area contributed by atoms with Crippen LogP contribution in [0.15, 0.2) is 53.7 Å². The predicted octanol–water partition coefficient (Wildman–Crippen LogP) is 3.02. The Kier molecular flexibility index (Phi) is 5.54. The molecule has 2 aromatic heterocycles. The zero-order valence-electron chi connectivity index (χ0n) is 17.1. The number of hydrogen-bond acceptors (Lipinski definition) is 5. The topological polar surface area (TPSA) is 97.1 Å². The fourth-order valence-corrected chi connectivity index (χ4v) is 4.37. The Morgan fingerprint density at radius 2 is 2.00 bits per heavy atom. The van der Waals surface area contributed by atoms with Gasteiger partial charge < -0.3 is 10.4 Å². The van der Waals surface area contributed by atoms with Crippen LogP contribution in [0, 0.1) is 5.82 Å². The van der Waals surface area contributed by atoms with Gasteiger partial charge in [-0.05, 0) is 30.0 Å². The van der Waals surface area contributed by atoms with Crippen LogP contribution in [0.3, 0.4) is 0 Å². The normalized spacial score (nSPS) is 15.0. The Morgan fingerprint density at radius 3 is 2.71 bits per heavy atom. The van der Waals surface area contributed by atoms with Crippen molar-refractivity contribution in [1.29, 1.82) is 0 Å². The van der Waals surface area contributed by atoms with Gasteiger partial charge in [-0.3, -0.25) is 19.3 Å². The molecule has 160 valence electrons. The van der Waals surface area contributed by atoms with Gasteiger partial charge in [0.25, 0.3) is 11.3 Å². The van der Waals surface area contributed by atoms with Crippen molar-refractivity contribution in [1.82, 2.24) is 20.1 Å². The van der Waals surface area contributed by atoms with Crippen molar-refractivity contribution in [3.8, 4) is 16.9 Å². The number of benzene rings is 1. The van der Waals surface area contributed by atoms with Crippen molar-refractivity contribution < 1.29 is 14.3 Å². The van der Waals surface area contributed by atoms with Gasteiger partial charge in [-0.1, -0.05) is 37.1 Å². The third-order valence-electron chi connectivity index (χ3n) is 5.93. The standard InChI is InChI=1S/C23H23FN4O3/c1-25-22(31)20-21(30)19(29)13-28(27-20)14-23(7-2-3-8-23)17-6-4-5-15(9-17)16-10-18(24)12-26-11-16/h4-6,9-13,29H,2-3,7-8,14H2,1H3,(H,25,31). The minimum atomic E-state index is -0.795. The van der Waals surface area contributed by atoms with Gasteiger partial charge in [0.2, 0.25) is 0 Å². The second kappa shape index (κ2) is 8.29. The van der Waals surface area contributed by atoms with Crippen molar-refractivity contribution in [3.05, 3.63) is 76.2 Å². The van der Waals surface area contributed by atoms with Gasteiger partial charge >= 0.3 is 0 Å². The van der Waals surface area contributed by atoms with Crippen LogP contribution in [-0.2, 0) is 12.0 Å². The summed E-state index contributed by atoms with van der Waals surface area (Å²) in [5.74, 6) is -1.55. The first kappa shape index (κ1) is 20.7. The Balaban J connectivity index is 1.75. The van der Waals surface area contributed by atoms with Crippen LogP contribution >= 0.6 is 0 Å². The second-order valence-corrected chi connectivity index (χ2v) is 7.93. The number of pyridine rings is 1. The van der Waals surface area contributed by atoms with E-state index in [1.165, 1.54) is 30.2 Å². The first-order valence-electron chi connectivity index (χ1n) is 10.2. The average molecular weight is 422 g/mol. The molecule has 1 aromatic carbocycles. The van der Waals surface area contributed by atoms with Gasteiger partial charge in [-0.2, -0.15) is 5.10 Å². The SMILES string of the molecule is CNC(=O)c1nn(CC2(c3cccc(-c4cncc(F)c4)c3)CCCC2)cc(O)c1=O. The second-order valence-electron chi connectivity index (χ2n) is 7.93. The van der Waals surface area contributed by atoms with Crippen molar-refractivity contribution >= 4 is 5.91 Å². The van der Waals surface area contributed by atoms with E-state index in [-0.39, 0.29) is 11.1 Å². The van der Waals surface area contributed by atoms with E-state index in [0.29, 0.717) is 12.1 Å². The molecule has 31 heavy (non-hydrogen) atoms. The fourth-order valence-electron chi connectivity index (χ4n) is 4.37. The van der Waals surface area contributed by atoms with Gasteiger partial charge in [-0.25, -0.2) is 4.39 Å². The highest BCUT2D eigenvalue weighted by atomic mass is 19.1. The number of rotatable bonds is 5. The van der Waals surface area contributed by atoms with Gasteiger partial charge in [0.05, 0.1) is 18.9 Å². The van der Waals surface area contributed by atoms with Crippen LogP contribution in [0.5, 0.6) is 5.75 Å². The summed E-state index contributed by atoms with van der Waals surface area (Å²) in [5, 5.41) is 16.7. The zero-order chi connectivity index (χ0) is 22.0. The largest absolute Gasteiger partial charge is 0.503 e. The quantitative estimate of drug-likeness (QED) is 0.659. The number of hydrogen-bond donors (Lipinski definition) is 2. The third kappa shape index (κ3) is 4.05. The lowest BCUT2D eigenvalue weighted by Crippen LogP contribution is -2.33. The number of nitrogens with one attached hydrogen (secondary N) is 1. The molecule has 4 rings (SSSR count). The lowest BCUT2D eigenvalue weighted by Gasteiger charge is -2.31. The molecule has 0 radical (unpaired) electrons. The Bertz CT molecular complexity index is 1190. The number of carbonyl (C=O) groups excluding carboxylic acids is 1. The molecule has 1 saturated carbocycles. The maximum atomic E-state index is 13.7. The molecular weight excluding hydrogens is 399 g/mol. The molecule has 2 heterocycles. The zero-order valence-corrected chi connectivity index (χ0v) is 17.1. The summed E-state index contributed by atoms with van der Waals surface area (Å²) in [5.41, 5.74) is 1.19. The summed E-state index contributed by atoms with van der Waals surface area (Å²) in [6.07, 6.45) is 7.91. The van der Waals surface area contributed by atoms with Crippen molar-refractivity contribution in [2.45, 2.75) is 37.6 Å². The van der Waals surface area contributed by atoms with Crippen LogP contribution in [0.1, 0.15) is 41.7 Å². The third-order valence-corrected chi connectivity index (χ3v) is 5.93. The molecule has 0 atom stereocenters. The monoisotopic (exact) mass is 422 g/mol. The van der Waals surface area contributed by atoms with E-state index in [0.717, 1.165) is 36.8 Å². The molecule has 7 nitrogen and oxygen atoms in total. The summed E-state index contributed by atoms with van der Waals surface area (Å²) < 4.78 is 15.1. The first-order chi connectivity index (χ1) is 14.9. The summed E-state index contributed by atoms with van der Waals surface area (Å²) in [7, 11) is 1.41. The van der Waals surface area contributed by atoms with Crippen molar-refractivity contribution in [2.24, 2.45) is 0 Å². The fraction of sp³-hybridized carbons (Fsp3) is 0.304. The van der Waals surface area contributed by atoms with Crippen LogP contribution < -0.4 is 10.7 Å². The maximum Gasteiger partial charge on any atom is 0.275 e. The number of carbonyl (C=O) groups is 1. The van der Waals surface area contributed by atoms with Crippen molar-refractivity contribution in [2.75, 3.05) is 7.05 Å². The number of aromatic nitrogens is 3. The molecule has 2 N–H and O–H groups in total. The lowest BCUT2D eigenvalue weighted by atomic mass is 9.78. The minimum absolute atomic E-state index is 0.286.